The van der Waals surface area contributed by atoms with Crippen molar-refractivity contribution in [3.05, 3.63) is 28.8 Å². The van der Waals surface area contributed by atoms with Crippen LogP contribution in [0.3, 0.4) is 0 Å². The third kappa shape index (κ3) is 3.62. The number of hydrogen-bond acceptors (Lipinski definition) is 3. The summed E-state index contributed by atoms with van der Waals surface area (Å²) in [7, 11) is 0. The van der Waals surface area contributed by atoms with E-state index in [0.717, 1.165) is 35.8 Å². The quantitative estimate of drug-likeness (QED) is 0.823. The summed E-state index contributed by atoms with van der Waals surface area (Å²) in [5, 5.41) is 10.8. The average Bonchev–Trinajstić information content (AvgIpc) is 3.30. The highest BCUT2D eigenvalue weighted by Gasteiger charge is 2.36. The predicted molar refractivity (Wildman–Crippen MR) is 96.4 cm³/mol. The van der Waals surface area contributed by atoms with Crippen LogP contribution in [0, 0.1) is 11.8 Å². The molecular formula is C21H32O3. The Morgan fingerprint density at radius 1 is 0.833 bits per heavy atom. The van der Waals surface area contributed by atoms with Crippen LogP contribution in [-0.4, -0.2) is 18.3 Å². The van der Waals surface area contributed by atoms with E-state index in [-0.39, 0.29) is 17.1 Å². The monoisotopic (exact) mass is 332 g/mol. The van der Waals surface area contributed by atoms with Crippen molar-refractivity contribution in [3.8, 4) is 5.75 Å². The van der Waals surface area contributed by atoms with Crippen molar-refractivity contribution in [3.63, 3.8) is 0 Å². The molecule has 0 bridgehead atoms. The van der Waals surface area contributed by atoms with Crippen molar-refractivity contribution in [1.82, 2.24) is 0 Å². The molecular weight excluding hydrogens is 300 g/mol. The van der Waals surface area contributed by atoms with Crippen LogP contribution in [0.15, 0.2) is 12.1 Å². The summed E-state index contributed by atoms with van der Waals surface area (Å²) in [5.41, 5.74) is 2.68. The van der Waals surface area contributed by atoms with Crippen molar-refractivity contribution < 1.29 is 14.6 Å². The van der Waals surface area contributed by atoms with Gasteiger partial charge in [0.15, 0.2) is 6.29 Å². The summed E-state index contributed by atoms with van der Waals surface area (Å²) < 4.78 is 12.1. The summed E-state index contributed by atoms with van der Waals surface area (Å²) >= 11 is 0. The third-order valence-corrected chi connectivity index (χ3v) is 5.23. The van der Waals surface area contributed by atoms with E-state index in [4.69, 9.17) is 9.47 Å². The highest BCUT2D eigenvalue weighted by molar-refractivity contribution is 5.50. The van der Waals surface area contributed by atoms with Crippen LogP contribution in [0.4, 0.5) is 0 Å². The van der Waals surface area contributed by atoms with E-state index in [2.05, 4.69) is 53.7 Å². The molecule has 0 unspecified atom stereocenters. The minimum Gasteiger partial charge on any atom is -0.507 e. The fraction of sp³-hybridized carbons (Fsp3) is 0.714. The maximum atomic E-state index is 10.8. The van der Waals surface area contributed by atoms with Gasteiger partial charge in [0, 0.05) is 11.5 Å². The topological polar surface area (TPSA) is 38.7 Å². The molecule has 1 aromatic rings. The number of benzene rings is 1. The Morgan fingerprint density at radius 2 is 1.29 bits per heavy atom. The van der Waals surface area contributed by atoms with Crippen molar-refractivity contribution in [2.45, 2.75) is 71.5 Å². The summed E-state index contributed by atoms with van der Waals surface area (Å²) in [6, 6.07) is 4.12. The summed E-state index contributed by atoms with van der Waals surface area (Å²) in [6.07, 6.45) is 2.33. The fourth-order valence-electron chi connectivity index (χ4n) is 3.49. The molecule has 24 heavy (non-hydrogen) atoms. The zero-order valence-corrected chi connectivity index (χ0v) is 16.0. The summed E-state index contributed by atoms with van der Waals surface area (Å²) in [6.45, 7) is 14.3. The largest absolute Gasteiger partial charge is 0.507 e. The number of aromatic hydroxyl groups is 1. The van der Waals surface area contributed by atoms with Crippen LogP contribution < -0.4 is 0 Å². The van der Waals surface area contributed by atoms with Gasteiger partial charge in [0.25, 0.3) is 0 Å². The Morgan fingerprint density at radius 3 is 1.67 bits per heavy atom. The molecule has 1 aliphatic heterocycles. The van der Waals surface area contributed by atoms with Gasteiger partial charge in [-0.2, -0.15) is 0 Å². The van der Waals surface area contributed by atoms with Gasteiger partial charge in [-0.25, -0.2) is 0 Å². The fourth-order valence-corrected chi connectivity index (χ4v) is 3.49. The maximum Gasteiger partial charge on any atom is 0.183 e. The molecule has 134 valence electrons. The smallest absolute Gasteiger partial charge is 0.183 e. The van der Waals surface area contributed by atoms with E-state index >= 15 is 0 Å². The molecule has 3 nitrogen and oxygen atoms in total. The second kappa shape index (κ2) is 6.03. The Hall–Kier alpha value is -1.06. The first kappa shape index (κ1) is 17.8. The molecule has 1 saturated carbocycles. The molecule has 0 radical (unpaired) electrons. The van der Waals surface area contributed by atoms with Crippen LogP contribution in [0.1, 0.15) is 77.4 Å². The van der Waals surface area contributed by atoms with Crippen molar-refractivity contribution in [2.75, 3.05) is 13.2 Å². The third-order valence-electron chi connectivity index (χ3n) is 5.23. The molecule has 1 aromatic carbocycles. The molecule has 1 heterocycles. The van der Waals surface area contributed by atoms with Gasteiger partial charge < -0.3 is 14.6 Å². The molecule has 2 aliphatic rings. The maximum absolute atomic E-state index is 10.8. The van der Waals surface area contributed by atoms with E-state index in [1.54, 1.807) is 0 Å². The van der Waals surface area contributed by atoms with Crippen molar-refractivity contribution in [2.24, 2.45) is 11.8 Å². The van der Waals surface area contributed by atoms with E-state index in [1.807, 2.05) is 0 Å². The molecule has 0 atom stereocenters. The molecule has 3 heteroatoms. The molecule has 1 N–H and O–H groups in total. The van der Waals surface area contributed by atoms with Gasteiger partial charge in [0.2, 0.25) is 0 Å². The number of phenolic OH excluding ortho intramolecular Hbond substituents is 1. The number of ether oxygens (including phenoxy) is 2. The van der Waals surface area contributed by atoms with E-state index in [0.29, 0.717) is 11.7 Å². The van der Waals surface area contributed by atoms with Crippen LogP contribution in [0.25, 0.3) is 0 Å². The molecule has 1 aliphatic carbocycles. The second-order valence-corrected chi connectivity index (χ2v) is 9.56. The van der Waals surface area contributed by atoms with E-state index in [1.165, 1.54) is 12.8 Å². The van der Waals surface area contributed by atoms with E-state index < -0.39 is 0 Å². The lowest BCUT2D eigenvalue weighted by molar-refractivity contribution is -0.208. The first-order chi connectivity index (χ1) is 11.1. The highest BCUT2D eigenvalue weighted by Crippen LogP contribution is 2.44. The normalized spacial score (nSPS) is 25.8. The van der Waals surface area contributed by atoms with Gasteiger partial charge in [0.1, 0.15) is 5.75 Å². The Kier molecular flexibility index (Phi) is 4.46. The van der Waals surface area contributed by atoms with E-state index in [9.17, 15) is 5.11 Å². The van der Waals surface area contributed by atoms with Gasteiger partial charge in [-0.3, -0.25) is 0 Å². The lowest BCUT2D eigenvalue weighted by Gasteiger charge is -2.33. The molecule has 1 saturated heterocycles. The summed E-state index contributed by atoms with van der Waals surface area (Å²) in [4.78, 5) is 0. The lowest BCUT2D eigenvalue weighted by atomic mass is 9.78. The van der Waals surface area contributed by atoms with Gasteiger partial charge in [-0.15, -0.1) is 0 Å². The minimum atomic E-state index is -0.317. The molecule has 2 fully saturated rings. The first-order valence-electron chi connectivity index (χ1n) is 9.18. The first-order valence-corrected chi connectivity index (χ1v) is 9.18. The Labute approximate surface area is 146 Å². The highest BCUT2D eigenvalue weighted by atomic mass is 16.7. The Balaban J connectivity index is 1.92. The van der Waals surface area contributed by atoms with Crippen molar-refractivity contribution >= 4 is 0 Å². The molecule has 0 spiro atoms. The van der Waals surface area contributed by atoms with Gasteiger partial charge in [0.05, 0.1) is 13.2 Å². The average molecular weight is 332 g/mol. The molecule has 0 aromatic heterocycles. The number of phenols is 1. The van der Waals surface area contributed by atoms with Crippen LogP contribution in [0.5, 0.6) is 5.75 Å². The zero-order valence-electron chi connectivity index (χ0n) is 16.0. The Bertz CT molecular complexity index is 559. The number of rotatable bonds is 2. The van der Waals surface area contributed by atoms with Crippen LogP contribution in [-0.2, 0) is 20.3 Å². The molecule has 0 amide bonds. The SMILES string of the molecule is CC(C)(C)c1cc(C2OCC(C3CC3)CO2)cc(C(C)(C)C)c1O. The van der Waals surface area contributed by atoms with Gasteiger partial charge in [-0.05, 0) is 52.8 Å². The summed E-state index contributed by atoms with van der Waals surface area (Å²) in [5.74, 6) is 1.77. The van der Waals surface area contributed by atoms with Crippen LogP contribution >= 0.6 is 0 Å². The number of hydrogen-bond donors (Lipinski definition) is 1. The molecule has 3 rings (SSSR count). The predicted octanol–water partition coefficient (Wildman–Crippen LogP) is 5.06. The standard InChI is InChI=1S/C21H32O3/c1-20(2,3)16-9-14(10-17(18(16)22)21(4,5)6)19-23-11-15(12-24-19)13-7-8-13/h9-10,13,15,19,22H,7-8,11-12H2,1-6H3. The van der Waals surface area contributed by atoms with Crippen molar-refractivity contribution in [1.29, 1.82) is 0 Å². The van der Waals surface area contributed by atoms with Crippen LogP contribution in [0.2, 0.25) is 0 Å². The van der Waals surface area contributed by atoms with Gasteiger partial charge >= 0.3 is 0 Å². The second-order valence-electron chi connectivity index (χ2n) is 9.56. The zero-order chi connectivity index (χ0) is 17.7. The lowest BCUT2D eigenvalue weighted by Crippen LogP contribution is -2.29. The van der Waals surface area contributed by atoms with Gasteiger partial charge in [-0.1, -0.05) is 41.5 Å². The minimum absolute atomic E-state index is 0.134.